The van der Waals surface area contributed by atoms with Gasteiger partial charge in [0.15, 0.2) is 5.82 Å². The zero-order chi connectivity index (χ0) is 16.8. The van der Waals surface area contributed by atoms with Gasteiger partial charge in [-0.2, -0.15) is 0 Å². The maximum Gasteiger partial charge on any atom is 0.320 e. The minimum absolute atomic E-state index is 0.0414. The number of nitrogens with one attached hydrogen (secondary N) is 2. The number of anilines is 1. The van der Waals surface area contributed by atoms with E-state index in [1.807, 2.05) is 51.1 Å². The average molecular weight is 316 g/mol. The molecule has 0 radical (unpaired) electrons. The summed E-state index contributed by atoms with van der Waals surface area (Å²) in [6.07, 6.45) is 1.31. The van der Waals surface area contributed by atoms with Gasteiger partial charge >= 0.3 is 6.03 Å². The van der Waals surface area contributed by atoms with E-state index >= 15 is 0 Å². The largest absolute Gasteiger partial charge is 0.396 e. The van der Waals surface area contributed by atoms with Gasteiger partial charge in [-0.15, -0.1) is 5.10 Å². The number of aliphatic hydroxyl groups is 1. The topological polar surface area (TPSA) is 79.2 Å². The number of benzene rings is 1. The highest BCUT2D eigenvalue weighted by atomic mass is 16.3. The van der Waals surface area contributed by atoms with Gasteiger partial charge < -0.3 is 10.4 Å². The van der Waals surface area contributed by atoms with E-state index in [2.05, 4.69) is 15.7 Å². The van der Waals surface area contributed by atoms with Crippen LogP contribution in [0.25, 0.3) is 5.69 Å². The molecule has 0 fully saturated rings. The van der Waals surface area contributed by atoms with Gasteiger partial charge in [-0.05, 0) is 38.8 Å². The van der Waals surface area contributed by atoms with Crippen LogP contribution in [0.5, 0.6) is 0 Å². The third-order valence-electron chi connectivity index (χ3n) is 3.71. The van der Waals surface area contributed by atoms with Gasteiger partial charge in [0.1, 0.15) is 0 Å². The average Bonchev–Trinajstić information content (AvgIpc) is 2.88. The molecule has 0 spiro atoms. The molecular weight excluding hydrogens is 292 g/mol. The van der Waals surface area contributed by atoms with Crippen LogP contribution in [-0.2, 0) is 0 Å². The van der Waals surface area contributed by atoms with Crippen LogP contribution < -0.4 is 10.6 Å². The molecule has 3 N–H and O–H groups in total. The molecule has 0 saturated heterocycles. The minimum Gasteiger partial charge on any atom is -0.396 e. The molecule has 0 bridgehead atoms. The van der Waals surface area contributed by atoms with Crippen molar-refractivity contribution in [1.29, 1.82) is 0 Å². The Bertz CT molecular complexity index is 649. The van der Waals surface area contributed by atoms with Crippen molar-refractivity contribution in [2.75, 3.05) is 11.9 Å². The first-order chi connectivity index (χ1) is 11.0. The Morgan fingerprint density at radius 1 is 1.30 bits per heavy atom. The molecule has 1 aromatic heterocycles. The van der Waals surface area contributed by atoms with E-state index in [9.17, 15) is 4.79 Å². The summed E-state index contributed by atoms with van der Waals surface area (Å²) in [5, 5.41) is 19.0. The number of carbonyl (C=O) groups is 1. The van der Waals surface area contributed by atoms with E-state index < -0.39 is 0 Å². The third-order valence-corrected chi connectivity index (χ3v) is 3.71. The van der Waals surface area contributed by atoms with Crippen molar-refractivity contribution in [2.24, 2.45) is 0 Å². The lowest BCUT2D eigenvalue weighted by atomic mass is 10.2. The summed E-state index contributed by atoms with van der Waals surface area (Å²) in [5.41, 5.74) is 3.07. The lowest BCUT2D eigenvalue weighted by Gasteiger charge is -2.15. The summed E-state index contributed by atoms with van der Waals surface area (Å²) in [6, 6.07) is 9.51. The first-order valence-corrected chi connectivity index (χ1v) is 7.85. The Labute approximate surface area is 136 Å². The second kappa shape index (κ2) is 7.78. The maximum absolute atomic E-state index is 12.0. The van der Waals surface area contributed by atoms with Crippen LogP contribution in [0.4, 0.5) is 10.6 Å². The number of hydrogen-bond donors (Lipinski definition) is 3. The highest BCUT2D eigenvalue weighted by Gasteiger charge is 2.12. The molecule has 0 unspecified atom stereocenters. The van der Waals surface area contributed by atoms with Crippen molar-refractivity contribution in [2.45, 2.75) is 39.7 Å². The summed E-state index contributed by atoms with van der Waals surface area (Å²) in [5.74, 6) is 0.499. The van der Waals surface area contributed by atoms with Gasteiger partial charge in [0.25, 0.3) is 0 Å². The molecule has 124 valence electrons. The highest BCUT2D eigenvalue weighted by Crippen LogP contribution is 2.15. The molecule has 1 atom stereocenters. The van der Waals surface area contributed by atoms with Crippen LogP contribution in [0.1, 0.15) is 31.0 Å². The lowest BCUT2D eigenvalue weighted by Crippen LogP contribution is -2.38. The molecule has 6 nitrogen and oxygen atoms in total. The molecule has 2 amide bonds. The first-order valence-electron chi connectivity index (χ1n) is 7.85. The highest BCUT2D eigenvalue weighted by molar-refractivity contribution is 5.88. The molecular formula is C17H24N4O2. The second-order valence-electron chi connectivity index (χ2n) is 5.63. The quantitative estimate of drug-likeness (QED) is 0.766. The molecule has 2 rings (SSSR count). The Balaban J connectivity index is 2.06. The van der Waals surface area contributed by atoms with Gasteiger partial charge in [-0.3, -0.25) is 5.32 Å². The maximum atomic E-state index is 12.0. The summed E-state index contributed by atoms with van der Waals surface area (Å²) in [7, 11) is 0. The van der Waals surface area contributed by atoms with E-state index in [0.717, 1.165) is 17.8 Å². The molecule has 1 heterocycles. The van der Waals surface area contributed by atoms with Crippen molar-refractivity contribution in [3.63, 3.8) is 0 Å². The molecule has 0 aliphatic rings. The van der Waals surface area contributed by atoms with E-state index in [4.69, 9.17) is 5.11 Å². The van der Waals surface area contributed by atoms with Gasteiger partial charge in [-0.1, -0.05) is 24.6 Å². The number of aryl methyl sites for hydroxylation is 2. The van der Waals surface area contributed by atoms with E-state index in [1.54, 1.807) is 4.68 Å². The van der Waals surface area contributed by atoms with Crippen molar-refractivity contribution >= 4 is 11.8 Å². The molecule has 0 aliphatic heterocycles. The van der Waals surface area contributed by atoms with Crippen molar-refractivity contribution in [1.82, 2.24) is 15.1 Å². The number of nitrogens with zero attached hydrogens (tertiary/aromatic N) is 2. The van der Waals surface area contributed by atoms with Crippen molar-refractivity contribution in [3.8, 4) is 5.69 Å². The van der Waals surface area contributed by atoms with Crippen molar-refractivity contribution in [3.05, 3.63) is 41.6 Å². The van der Waals surface area contributed by atoms with Crippen molar-refractivity contribution < 1.29 is 9.90 Å². The molecule has 0 saturated carbocycles. The molecule has 1 aromatic carbocycles. The standard InChI is InChI=1S/C17H24N4O2/c1-4-14(9-10-22)18-17(23)19-16-11-13(3)21(20-16)15-7-5-12(2)6-8-15/h5-8,11,14,22H,4,9-10H2,1-3H3,(H2,18,19,20,23)/t14-/m0/s1. The van der Waals surface area contributed by atoms with Crippen LogP contribution in [-0.4, -0.2) is 33.6 Å². The van der Waals surface area contributed by atoms with Crippen LogP contribution in [0.2, 0.25) is 0 Å². The first kappa shape index (κ1) is 17.0. The fourth-order valence-corrected chi connectivity index (χ4v) is 2.35. The number of amides is 2. The lowest BCUT2D eigenvalue weighted by molar-refractivity contribution is 0.237. The van der Waals surface area contributed by atoms with E-state index in [0.29, 0.717) is 12.2 Å². The second-order valence-corrected chi connectivity index (χ2v) is 5.63. The number of carbonyl (C=O) groups excluding carboxylic acids is 1. The smallest absolute Gasteiger partial charge is 0.320 e. The minimum atomic E-state index is -0.307. The Kier molecular flexibility index (Phi) is 5.76. The van der Waals surface area contributed by atoms with E-state index in [-0.39, 0.29) is 18.7 Å². The van der Waals surface area contributed by atoms with Gasteiger partial charge in [-0.25, -0.2) is 9.48 Å². The number of urea groups is 1. The number of aromatic nitrogens is 2. The number of rotatable bonds is 6. The summed E-state index contributed by atoms with van der Waals surface area (Å²) in [4.78, 5) is 12.0. The summed E-state index contributed by atoms with van der Waals surface area (Å²) in [6.45, 7) is 6.00. The molecule has 0 aliphatic carbocycles. The monoisotopic (exact) mass is 316 g/mol. The Hall–Kier alpha value is -2.34. The zero-order valence-corrected chi connectivity index (χ0v) is 13.8. The fraction of sp³-hybridized carbons (Fsp3) is 0.412. The predicted molar refractivity (Wildman–Crippen MR) is 91.0 cm³/mol. The van der Waals surface area contributed by atoms with Crippen LogP contribution >= 0.6 is 0 Å². The number of aliphatic hydroxyl groups excluding tert-OH is 1. The molecule has 2 aromatic rings. The van der Waals surface area contributed by atoms with Crippen LogP contribution in [0, 0.1) is 13.8 Å². The molecule has 6 heteroatoms. The van der Waals surface area contributed by atoms with Crippen LogP contribution in [0.15, 0.2) is 30.3 Å². The summed E-state index contributed by atoms with van der Waals surface area (Å²) >= 11 is 0. The van der Waals surface area contributed by atoms with E-state index in [1.165, 1.54) is 5.56 Å². The zero-order valence-electron chi connectivity index (χ0n) is 13.8. The Morgan fingerprint density at radius 2 is 2.00 bits per heavy atom. The normalized spacial score (nSPS) is 12.0. The Morgan fingerprint density at radius 3 is 2.61 bits per heavy atom. The third kappa shape index (κ3) is 4.56. The summed E-state index contributed by atoms with van der Waals surface area (Å²) < 4.78 is 1.79. The fourth-order valence-electron chi connectivity index (χ4n) is 2.35. The molecule has 23 heavy (non-hydrogen) atoms. The number of hydrogen-bond acceptors (Lipinski definition) is 3. The van der Waals surface area contributed by atoms with Gasteiger partial charge in [0, 0.05) is 24.4 Å². The van der Waals surface area contributed by atoms with Gasteiger partial charge in [0.2, 0.25) is 0 Å². The van der Waals surface area contributed by atoms with Crippen LogP contribution in [0.3, 0.4) is 0 Å². The van der Waals surface area contributed by atoms with Gasteiger partial charge in [0.05, 0.1) is 5.69 Å². The SMILES string of the molecule is CC[C@@H](CCO)NC(=O)Nc1cc(C)n(-c2ccc(C)cc2)n1. The predicted octanol–water partition coefficient (Wildman–Crippen LogP) is 2.77.